The van der Waals surface area contributed by atoms with Gasteiger partial charge in [0.15, 0.2) is 17.2 Å². The molecule has 6 heteroatoms. The first kappa shape index (κ1) is 22.0. The Balaban J connectivity index is 1.55. The predicted octanol–water partition coefficient (Wildman–Crippen LogP) is 5.41. The van der Waals surface area contributed by atoms with Gasteiger partial charge in [-0.1, -0.05) is 55.5 Å². The molecule has 1 heterocycles. The average Bonchev–Trinajstić information content (AvgIpc) is 3.21. The summed E-state index contributed by atoms with van der Waals surface area (Å²) in [6, 6.07) is 22.7. The molecule has 0 unspecified atom stereocenters. The Morgan fingerprint density at radius 3 is 2.33 bits per heavy atom. The van der Waals surface area contributed by atoms with Crippen LogP contribution in [-0.2, 0) is 14.3 Å². The van der Waals surface area contributed by atoms with Crippen molar-refractivity contribution in [3.05, 3.63) is 89.6 Å². The molecule has 4 rings (SSSR count). The van der Waals surface area contributed by atoms with Crippen LogP contribution in [0.2, 0.25) is 0 Å². The molecule has 0 atom stereocenters. The van der Waals surface area contributed by atoms with Crippen molar-refractivity contribution in [2.45, 2.75) is 19.8 Å². The van der Waals surface area contributed by atoms with Gasteiger partial charge in [0, 0.05) is 12.0 Å². The zero-order chi connectivity index (χ0) is 23.2. The quantitative estimate of drug-likeness (QED) is 0.278. The Kier molecular flexibility index (Phi) is 6.64. The molecule has 3 aromatic rings. The minimum Gasteiger partial charge on any atom is -0.493 e. The van der Waals surface area contributed by atoms with Gasteiger partial charge in [-0.05, 0) is 53.5 Å². The summed E-state index contributed by atoms with van der Waals surface area (Å²) in [6.07, 6.45) is 2.63. The third kappa shape index (κ3) is 5.18. The summed E-state index contributed by atoms with van der Waals surface area (Å²) in [5.74, 6) is 0.113. The van der Waals surface area contributed by atoms with Crippen molar-refractivity contribution in [1.82, 2.24) is 0 Å². The number of aliphatic imine (C=N–C) groups is 1. The van der Waals surface area contributed by atoms with Crippen molar-refractivity contribution < 1.29 is 23.8 Å². The molecule has 0 bridgehead atoms. The number of carbonyl (C=O) groups is 2. The minimum absolute atomic E-state index is 0.176. The van der Waals surface area contributed by atoms with Gasteiger partial charge in [0.05, 0.1) is 7.11 Å². The lowest BCUT2D eigenvalue weighted by atomic mass is 10.0. The fourth-order valence-electron chi connectivity index (χ4n) is 3.36. The van der Waals surface area contributed by atoms with Crippen LogP contribution >= 0.6 is 0 Å². The third-order valence-electron chi connectivity index (χ3n) is 5.03. The maximum Gasteiger partial charge on any atom is 0.363 e. The van der Waals surface area contributed by atoms with E-state index in [1.54, 1.807) is 24.3 Å². The number of rotatable bonds is 7. The average molecular weight is 441 g/mol. The highest BCUT2D eigenvalue weighted by atomic mass is 16.6. The topological polar surface area (TPSA) is 74.2 Å². The van der Waals surface area contributed by atoms with Crippen molar-refractivity contribution in [3.63, 3.8) is 0 Å². The van der Waals surface area contributed by atoms with E-state index in [-0.39, 0.29) is 17.6 Å². The van der Waals surface area contributed by atoms with Crippen molar-refractivity contribution in [2.24, 2.45) is 4.99 Å². The van der Waals surface area contributed by atoms with Crippen LogP contribution in [0.5, 0.6) is 11.5 Å². The fourth-order valence-corrected chi connectivity index (χ4v) is 3.36. The van der Waals surface area contributed by atoms with E-state index in [1.165, 1.54) is 7.11 Å². The lowest BCUT2D eigenvalue weighted by molar-refractivity contribution is -0.134. The number of cyclic esters (lactones) is 1. The van der Waals surface area contributed by atoms with Gasteiger partial charge in [-0.2, -0.15) is 0 Å². The smallest absolute Gasteiger partial charge is 0.363 e. The van der Waals surface area contributed by atoms with Crippen LogP contribution in [-0.4, -0.2) is 24.9 Å². The van der Waals surface area contributed by atoms with Crippen LogP contribution in [0.4, 0.5) is 0 Å². The molecule has 0 aromatic heterocycles. The Hall–Kier alpha value is -4.19. The molecule has 0 N–H and O–H groups in total. The van der Waals surface area contributed by atoms with Crippen molar-refractivity contribution in [1.29, 1.82) is 0 Å². The first-order chi connectivity index (χ1) is 16.1. The Bertz CT molecular complexity index is 1230. The second-order valence-electron chi connectivity index (χ2n) is 7.41. The van der Waals surface area contributed by atoms with E-state index in [2.05, 4.69) is 4.99 Å². The summed E-state index contributed by atoms with van der Waals surface area (Å²) in [4.78, 5) is 28.5. The minimum atomic E-state index is -0.533. The van der Waals surface area contributed by atoms with Gasteiger partial charge in [-0.3, -0.25) is 4.79 Å². The summed E-state index contributed by atoms with van der Waals surface area (Å²) in [5.41, 5.74) is 3.72. The standard InChI is InChI=1S/C27H23NO5/c1-3-7-25(29)32-23-15-10-18(17-24(23)31-2)16-22-27(30)33-26(28-22)21-13-11-20(12-14-21)19-8-5-4-6-9-19/h4-6,8-17H,3,7H2,1-2H3/b22-16-. The van der Waals surface area contributed by atoms with Crippen molar-refractivity contribution >= 4 is 23.9 Å². The van der Waals surface area contributed by atoms with E-state index in [0.717, 1.165) is 11.1 Å². The normalized spacial score (nSPS) is 14.1. The lowest BCUT2D eigenvalue weighted by Crippen LogP contribution is -2.07. The van der Waals surface area contributed by atoms with Gasteiger partial charge in [-0.25, -0.2) is 9.79 Å². The van der Waals surface area contributed by atoms with E-state index in [9.17, 15) is 9.59 Å². The predicted molar refractivity (Wildman–Crippen MR) is 126 cm³/mol. The largest absolute Gasteiger partial charge is 0.493 e. The number of esters is 2. The van der Waals surface area contributed by atoms with E-state index >= 15 is 0 Å². The third-order valence-corrected chi connectivity index (χ3v) is 5.03. The highest BCUT2D eigenvalue weighted by Crippen LogP contribution is 2.30. The van der Waals surface area contributed by atoms with Crippen LogP contribution in [0.25, 0.3) is 17.2 Å². The number of methoxy groups -OCH3 is 1. The second-order valence-corrected chi connectivity index (χ2v) is 7.41. The summed E-state index contributed by atoms with van der Waals surface area (Å²) in [7, 11) is 1.49. The maximum atomic E-state index is 12.4. The monoisotopic (exact) mass is 441 g/mol. The molecule has 1 aliphatic rings. The molecule has 0 aliphatic carbocycles. The van der Waals surface area contributed by atoms with Gasteiger partial charge in [-0.15, -0.1) is 0 Å². The van der Waals surface area contributed by atoms with Gasteiger partial charge in [0.2, 0.25) is 5.90 Å². The van der Waals surface area contributed by atoms with E-state index < -0.39 is 5.97 Å². The maximum absolute atomic E-state index is 12.4. The molecule has 0 saturated heterocycles. The van der Waals surface area contributed by atoms with Gasteiger partial charge < -0.3 is 14.2 Å². The fraction of sp³-hybridized carbons (Fsp3) is 0.148. The van der Waals surface area contributed by atoms with Crippen molar-refractivity contribution in [2.75, 3.05) is 7.11 Å². The Morgan fingerprint density at radius 1 is 0.939 bits per heavy atom. The number of ether oxygens (including phenoxy) is 3. The molecule has 0 spiro atoms. The van der Waals surface area contributed by atoms with Crippen LogP contribution in [0.1, 0.15) is 30.9 Å². The van der Waals surface area contributed by atoms with Crippen LogP contribution in [0.15, 0.2) is 83.5 Å². The molecular weight excluding hydrogens is 418 g/mol. The second kappa shape index (κ2) is 9.96. The first-order valence-corrected chi connectivity index (χ1v) is 10.6. The Morgan fingerprint density at radius 2 is 1.64 bits per heavy atom. The molecule has 3 aromatic carbocycles. The number of hydrogen-bond donors (Lipinski definition) is 0. The molecule has 0 radical (unpaired) electrons. The molecule has 1 aliphatic heterocycles. The van der Waals surface area contributed by atoms with E-state index in [4.69, 9.17) is 14.2 Å². The van der Waals surface area contributed by atoms with Gasteiger partial charge >= 0.3 is 11.9 Å². The zero-order valence-corrected chi connectivity index (χ0v) is 18.4. The summed E-state index contributed by atoms with van der Waals surface area (Å²) in [6.45, 7) is 1.90. The molecule has 166 valence electrons. The van der Waals surface area contributed by atoms with E-state index in [0.29, 0.717) is 35.5 Å². The lowest BCUT2D eigenvalue weighted by Gasteiger charge is -2.09. The number of carbonyl (C=O) groups excluding carboxylic acids is 2. The van der Waals surface area contributed by atoms with Crippen LogP contribution < -0.4 is 9.47 Å². The highest BCUT2D eigenvalue weighted by molar-refractivity contribution is 6.13. The Labute approximate surface area is 192 Å². The summed E-state index contributed by atoms with van der Waals surface area (Å²) >= 11 is 0. The first-order valence-electron chi connectivity index (χ1n) is 10.6. The SMILES string of the molecule is CCCC(=O)Oc1ccc(/C=C2\N=C(c3ccc(-c4ccccc4)cc3)OC2=O)cc1OC. The van der Waals surface area contributed by atoms with Crippen molar-refractivity contribution in [3.8, 4) is 22.6 Å². The summed E-state index contributed by atoms with van der Waals surface area (Å²) < 4.78 is 16.1. The van der Waals surface area contributed by atoms with Gasteiger partial charge in [0.25, 0.3) is 0 Å². The van der Waals surface area contributed by atoms with E-state index in [1.807, 2.05) is 61.5 Å². The zero-order valence-electron chi connectivity index (χ0n) is 18.4. The molecular formula is C27H23NO5. The number of benzene rings is 3. The molecule has 0 saturated carbocycles. The summed E-state index contributed by atoms with van der Waals surface area (Å²) in [5, 5.41) is 0. The molecule has 0 fully saturated rings. The number of nitrogens with zero attached hydrogens (tertiary/aromatic N) is 1. The molecule has 33 heavy (non-hydrogen) atoms. The van der Waals surface area contributed by atoms with Gasteiger partial charge in [0.1, 0.15) is 0 Å². The number of hydrogen-bond acceptors (Lipinski definition) is 6. The van der Waals surface area contributed by atoms with Crippen LogP contribution in [0, 0.1) is 0 Å². The molecule has 0 amide bonds. The highest BCUT2D eigenvalue weighted by Gasteiger charge is 2.24. The van der Waals surface area contributed by atoms with Crippen LogP contribution in [0.3, 0.4) is 0 Å². The molecule has 6 nitrogen and oxygen atoms in total.